The molecule has 178 valence electrons. The predicted octanol–water partition coefficient (Wildman–Crippen LogP) is 5.75. The van der Waals surface area contributed by atoms with Crippen molar-refractivity contribution in [3.63, 3.8) is 0 Å². The smallest absolute Gasteiger partial charge is 0.242 e. The average Bonchev–Trinajstić information content (AvgIpc) is 2.83. The molecule has 0 unspecified atom stereocenters. The van der Waals surface area contributed by atoms with Crippen LogP contribution in [0.5, 0.6) is 0 Å². The zero-order valence-electron chi connectivity index (χ0n) is 18.6. The topological polar surface area (TPSA) is 49.4 Å². The molecule has 0 aromatic heterocycles. The molecular formula is C26H25Cl2FN2O2S. The van der Waals surface area contributed by atoms with E-state index in [-0.39, 0.29) is 29.9 Å². The SMILES string of the molecule is CNC(=O)[C@@H](Cc1ccccc1)N(Cc1ccc(Cl)cc1Cl)C(=O)CSCc1ccc(F)cc1. The highest BCUT2D eigenvalue weighted by atomic mass is 35.5. The van der Waals surface area contributed by atoms with Gasteiger partial charge in [0.15, 0.2) is 0 Å². The lowest BCUT2D eigenvalue weighted by Gasteiger charge is -2.31. The van der Waals surface area contributed by atoms with Crippen molar-refractivity contribution in [2.45, 2.75) is 24.8 Å². The monoisotopic (exact) mass is 518 g/mol. The first-order valence-corrected chi connectivity index (χ1v) is 12.6. The number of nitrogens with zero attached hydrogens (tertiary/aromatic N) is 1. The maximum atomic E-state index is 13.4. The van der Waals surface area contributed by atoms with Gasteiger partial charge in [0.2, 0.25) is 11.8 Å². The van der Waals surface area contributed by atoms with Crippen molar-refractivity contribution in [2.75, 3.05) is 12.8 Å². The number of rotatable bonds is 10. The van der Waals surface area contributed by atoms with Gasteiger partial charge in [0.1, 0.15) is 11.9 Å². The quantitative estimate of drug-likeness (QED) is 0.371. The Kier molecular flexibility index (Phi) is 9.81. The zero-order valence-corrected chi connectivity index (χ0v) is 21.0. The molecule has 0 saturated carbocycles. The molecule has 1 N–H and O–H groups in total. The molecule has 4 nitrogen and oxygen atoms in total. The van der Waals surface area contributed by atoms with E-state index >= 15 is 0 Å². The lowest BCUT2D eigenvalue weighted by Crippen LogP contribution is -2.50. The molecule has 0 bridgehead atoms. The highest BCUT2D eigenvalue weighted by molar-refractivity contribution is 7.99. The lowest BCUT2D eigenvalue weighted by molar-refractivity contribution is -0.139. The summed E-state index contributed by atoms with van der Waals surface area (Å²) in [5, 5.41) is 3.61. The van der Waals surface area contributed by atoms with Gasteiger partial charge in [-0.25, -0.2) is 4.39 Å². The summed E-state index contributed by atoms with van der Waals surface area (Å²) in [6.07, 6.45) is 0.361. The third-order valence-electron chi connectivity index (χ3n) is 5.28. The van der Waals surface area contributed by atoms with Crippen LogP contribution in [0.25, 0.3) is 0 Å². The Morgan fingerprint density at radius 2 is 1.71 bits per heavy atom. The van der Waals surface area contributed by atoms with E-state index in [2.05, 4.69) is 5.32 Å². The molecule has 0 aliphatic rings. The summed E-state index contributed by atoms with van der Waals surface area (Å²) < 4.78 is 13.2. The summed E-state index contributed by atoms with van der Waals surface area (Å²) >= 11 is 13.8. The summed E-state index contributed by atoms with van der Waals surface area (Å²) in [6, 6.07) is 20.1. The fourth-order valence-corrected chi connectivity index (χ4v) is 4.81. The van der Waals surface area contributed by atoms with E-state index in [9.17, 15) is 14.0 Å². The van der Waals surface area contributed by atoms with Crippen molar-refractivity contribution in [3.05, 3.63) is 105 Å². The van der Waals surface area contributed by atoms with Crippen LogP contribution in [0.1, 0.15) is 16.7 Å². The van der Waals surface area contributed by atoms with Crippen LogP contribution in [0.3, 0.4) is 0 Å². The van der Waals surface area contributed by atoms with Gasteiger partial charge in [-0.2, -0.15) is 0 Å². The van der Waals surface area contributed by atoms with Crippen LogP contribution in [0, 0.1) is 5.82 Å². The molecule has 0 saturated heterocycles. The third-order valence-corrected chi connectivity index (χ3v) is 6.86. The van der Waals surface area contributed by atoms with Crippen molar-refractivity contribution in [1.82, 2.24) is 10.2 Å². The number of carbonyl (C=O) groups excluding carboxylic acids is 2. The molecule has 0 aliphatic carbocycles. The number of thioether (sulfide) groups is 1. The van der Waals surface area contributed by atoms with E-state index in [1.165, 1.54) is 23.9 Å². The number of amides is 2. The number of carbonyl (C=O) groups is 2. The molecule has 0 aliphatic heterocycles. The van der Waals surface area contributed by atoms with E-state index in [0.29, 0.717) is 27.8 Å². The second kappa shape index (κ2) is 12.8. The van der Waals surface area contributed by atoms with Crippen molar-refractivity contribution in [3.8, 4) is 0 Å². The van der Waals surface area contributed by atoms with Gasteiger partial charge >= 0.3 is 0 Å². The first-order valence-electron chi connectivity index (χ1n) is 10.7. The van der Waals surface area contributed by atoms with Gasteiger partial charge in [0, 0.05) is 35.8 Å². The minimum atomic E-state index is -0.724. The van der Waals surface area contributed by atoms with Crippen molar-refractivity contribution in [2.24, 2.45) is 0 Å². The Balaban J connectivity index is 1.83. The van der Waals surface area contributed by atoms with Gasteiger partial charge in [0.05, 0.1) is 5.75 Å². The predicted molar refractivity (Wildman–Crippen MR) is 138 cm³/mol. The molecule has 0 fully saturated rings. The first kappa shape index (κ1) is 26.1. The zero-order chi connectivity index (χ0) is 24.5. The summed E-state index contributed by atoms with van der Waals surface area (Å²) in [7, 11) is 1.56. The van der Waals surface area contributed by atoms with Gasteiger partial charge in [-0.1, -0.05) is 71.7 Å². The van der Waals surface area contributed by atoms with Crippen LogP contribution in [0.15, 0.2) is 72.8 Å². The number of likely N-dealkylation sites (N-methyl/N-ethyl adjacent to an activating group) is 1. The van der Waals surface area contributed by atoms with Crippen LogP contribution in [-0.4, -0.2) is 35.6 Å². The second-order valence-electron chi connectivity index (χ2n) is 7.70. The van der Waals surface area contributed by atoms with Crippen LogP contribution in [0.2, 0.25) is 10.0 Å². The van der Waals surface area contributed by atoms with Crippen molar-refractivity contribution < 1.29 is 14.0 Å². The Labute approximate surface area is 213 Å². The third kappa shape index (κ3) is 7.49. The molecule has 3 aromatic rings. The van der Waals surface area contributed by atoms with Gasteiger partial charge in [-0.05, 0) is 41.0 Å². The fraction of sp³-hybridized carbons (Fsp3) is 0.231. The summed E-state index contributed by atoms with van der Waals surface area (Å²) in [5.74, 6) is -0.0471. The number of benzene rings is 3. The number of hydrogen-bond donors (Lipinski definition) is 1. The summed E-state index contributed by atoms with van der Waals surface area (Å²) in [6.45, 7) is 0.164. The van der Waals surface area contributed by atoms with E-state index in [1.54, 1.807) is 42.3 Å². The maximum absolute atomic E-state index is 13.4. The van der Waals surface area contributed by atoms with Crippen molar-refractivity contribution in [1.29, 1.82) is 0 Å². The number of halogens is 3. The highest BCUT2D eigenvalue weighted by Gasteiger charge is 2.30. The molecule has 2 amide bonds. The van der Waals surface area contributed by atoms with Gasteiger partial charge in [-0.3, -0.25) is 9.59 Å². The number of nitrogens with one attached hydrogen (secondary N) is 1. The molecule has 3 rings (SSSR count). The van der Waals surface area contributed by atoms with Crippen LogP contribution >= 0.6 is 35.0 Å². The summed E-state index contributed by atoms with van der Waals surface area (Å²) in [5.41, 5.74) is 2.55. The van der Waals surface area contributed by atoms with Crippen molar-refractivity contribution >= 4 is 46.8 Å². The first-order chi connectivity index (χ1) is 16.4. The molecule has 34 heavy (non-hydrogen) atoms. The van der Waals surface area contributed by atoms with Gasteiger partial charge in [-0.15, -0.1) is 11.8 Å². The van der Waals surface area contributed by atoms with E-state index < -0.39 is 6.04 Å². The molecular weight excluding hydrogens is 494 g/mol. The van der Waals surface area contributed by atoms with Gasteiger partial charge < -0.3 is 10.2 Å². The molecule has 3 aromatic carbocycles. The van der Waals surface area contributed by atoms with Crippen LogP contribution < -0.4 is 5.32 Å². The molecule has 8 heteroatoms. The maximum Gasteiger partial charge on any atom is 0.242 e. The Hall–Kier alpha value is -2.54. The Morgan fingerprint density at radius 3 is 2.35 bits per heavy atom. The second-order valence-corrected chi connectivity index (χ2v) is 9.53. The van der Waals surface area contributed by atoms with Crippen LogP contribution in [0.4, 0.5) is 4.39 Å². The van der Waals surface area contributed by atoms with Crippen LogP contribution in [-0.2, 0) is 28.3 Å². The molecule has 0 heterocycles. The largest absolute Gasteiger partial charge is 0.357 e. The van der Waals surface area contributed by atoms with Gasteiger partial charge in [0.25, 0.3) is 0 Å². The average molecular weight is 519 g/mol. The Bertz CT molecular complexity index is 1110. The van der Waals surface area contributed by atoms with E-state index in [1.807, 2.05) is 30.3 Å². The van der Waals surface area contributed by atoms with E-state index in [4.69, 9.17) is 23.2 Å². The summed E-state index contributed by atoms with van der Waals surface area (Å²) in [4.78, 5) is 27.9. The van der Waals surface area contributed by atoms with E-state index in [0.717, 1.165) is 11.1 Å². The lowest BCUT2D eigenvalue weighted by atomic mass is 10.0. The highest BCUT2D eigenvalue weighted by Crippen LogP contribution is 2.25. The molecule has 0 radical (unpaired) electrons. The molecule has 1 atom stereocenters. The minimum Gasteiger partial charge on any atom is -0.357 e. The Morgan fingerprint density at radius 1 is 1.00 bits per heavy atom. The minimum absolute atomic E-state index is 0.158. The normalized spacial score (nSPS) is 11.6. The molecule has 0 spiro atoms. The standard InChI is InChI=1S/C26H25Cl2FN2O2S/c1-30-26(33)24(13-18-5-3-2-4-6-18)31(15-20-9-10-21(27)14-23(20)28)25(32)17-34-16-19-7-11-22(29)12-8-19/h2-12,14,24H,13,15-17H2,1H3,(H,30,33)/t24-/m1/s1. The fourth-order valence-electron chi connectivity index (χ4n) is 3.47. The number of hydrogen-bond acceptors (Lipinski definition) is 3.